The van der Waals surface area contributed by atoms with Crippen LogP contribution in [0.3, 0.4) is 0 Å². The summed E-state index contributed by atoms with van der Waals surface area (Å²) in [5, 5.41) is 2.56. The van der Waals surface area contributed by atoms with Crippen LogP contribution in [-0.2, 0) is 11.4 Å². The first kappa shape index (κ1) is 21.8. The molecule has 0 aromatic heterocycles. The van der Waals surface area contributed by atoms with Crippen LogP contribution in [0.15, 0.2) is 54.8 Å². The van der Waals surface area contributed by atoms with Gasteiger partial charge in [0.25, 0.3) is 5.91 Å². The van der Waals surface area contributed by atoms with Crippen molar-refractivity contribution in [2.45, 2.75) is 13.5 Å². The molecule has 0 bridgehead atoms. The highest BCUT2D eigenvalue weighted by molar-refractivity contribution is 14.1. The molecule has 1 saturated heterocycles. The predicted octanol–water partition coefficient (Wildman–Crippen LogP) is 4.49. The van der Waals surface area contributed by atoms with Gasteiger partial charge in [-0.3, -0.25) is 9.69 Å². The van der Waals surface area contributed by atoms with E-state index in [1.807, 2.05) is 6.92 Å². The second kappa shape index (κ2) is 9.75. The standard InChI is InChI=1S/C22H20FIN2O4/c1-3-9-26-21(27)18(25-22(26)28)11-14-10-17(24)20(19(12-14)29-4-2)30-13-15-7-5-6-8-16(15)23/h3,5-8,10-12H,1,4,9,13H2,2H3,(H,25,28)/b18-11+. The number of imide groups is 1. The number of hydrogen-bond acceptors (Lipinski definition) is 4. The summed E-state index contributed by atoms with van der Waals surface area (Å²) < 4.78 is 26.2. The number of hydrogen-bond donors (Lipinski definition) is 1. The zero-order valence-electron chi connectivity index (χ0n) is 16.3. The Morgan fingerprint density at radius 2 is 2.00 bits per heavy atom. The minimum atomic E-state index is -0.490. The van der Waals surface area contributed by atoms with Crippen LogP contribution in [0.25, 0.3) is 6.08 Å². The summed E-state index contributed by atoms with van der Waals surface area (Å²) in [6.45, 7) is 5.97. The average Bonchev–Trinajstić information content (AvgIpc) is 2.96. The molecular formula is C22H20FIN2O4. The van der Waals surface area contributed by atoms with Gasteiger partial charge >= 0.3 is 6.03 Å². The summed E-state index contributed by atoms with van der Waals surface area (Å²) in [5.74, 6) is 0.185. The molecule has 30 heavy (non-hydrogen) atoms. The van der Waals surface area contributed by atoms with E-state index in [4.69, 9.17) is 9.47 Å². The number of nitrogens with zero attached hydrogens (tertiary/aromatic N) is 1. The van der Waals surface area contributed by atoms with Gasteiger partial charge in [0.15, 0.2) is 11.5 Å². The molecule has 0 aliphatic carbocycles. The van der Waals surface area contributed by atoms with Crippen LogP contribution in [-0.4, -0.2) is 30.0 Å². The predicted molar refractivity (Wildman–Crippen MR) is 119 cm³/mol. The first-order valence-corrected chi connectivity index (χ1v) is 10.3. The average molecular weight is 522 g/mol. The van der Waals surface area contributed by atoms with Gasteiger partial charge in [-0.05, 0) is 59.4 Å². The molecule has 1 aliphatic rings. The summed E-state index contributed by atoms with van der Waals surface area (Å²) >= 11 is 2.09. The second-order valence-electron chi connectivity index (χ2n) is 6.34. The smallest absolute Gasteiger partial charge is 0.329 e. The fourth-order valence-corrected chi connectivity index (χ4v) is 3.65. The van der Waals surface area contributed by atoms with Gasteiger partial charge in [-0.25, -0.2) is 9.18 Å². The van der Waals surface area contributed by atoms with E-state index in [-0.39, 0.29) is 24.7 Å². The van der Waals surface area contributed by atoms with Gasteiger partial charge < -0.3 is 14.8 Å². The number of nitrogens with one attached hydrogen (secondary N) is 1. The molecule has 6 nitrogen and oxygen atoms in total. The summed E-state index contributed by atoms with van der Waals surface area (Å²) in [6, 6.07) is 9.42. The van der Waals surface area contributed by atoms with Crippen molar-refractivity contribution < 1.29 is 23.5 Å². The number of halogens is 2. The Hall–Kier alpha value is -2.88. The molecule has 2 aromatic carbocycles. The molecule has 1 fully saturated rings. The molecule has 0 unspecified atom stereocenters. The molecule has 3 rings (SSSR count). The van der Waals surface area contributed by atoms with E-state index in [9.17, 15) is 14.0 Å². The lowest BCUT2D eigenvalue weighted by molar-refractivity contribution is -0.122. The van der Waals surface area contributed by atoms with Gasteiger partial charge in [0.05, 0.1) is 10.2 Å². The third-order valence-corrected chi connectivity index (χ3v) is 5.05. The Bertz CT molecular complexity index is 1020. The van der Waals surface area contributed by atoms with E-state index < -0.39 is 11.9 Å². The van der Waals surface area contributed by atoms with Crippen LogP contribution in [0.1, 0.15) is 18.1 Å². The normalized spacial score (nSPS) is 14.8. The Kier molecular flexibility index (Phi) is 7.09. The van der Waals surface area contributed by atoms with Crippen molar-refractivity contribution >= 4 is 40.6 Å². The molecule has 0 spiro atoms. The Labute approximate surface area is 187 Å². The molecule has 1 aliphatic heterocycles. The minimum Gasteiger partial charge on any atom is -0.490 e. The highest BCUT2D eigenvalue weighted by atomic mass is 127. The lowest BCUT2D eigenvalue weighted by Crippen LogP contribution is -2.30. The first-order chi connectivity index (χ1) is 14.4. The van der Waals surface area contributed by atoms with Crippen molar-refractivity contribution in [3.63, 3.8) is 0 Å². The van der Waals surface area contributed by atoms with E-state index in [1.54, 1.807) is 36.4 Å². The molecule has 1 heterocycles. The monoisotopic (exact) mass is 522 g/mol. The number of carbonyl (C=O) groups excluding carboxylic acids is 2. The van der Waals surface area contributed by atoms with Crippen molar-refractivity contribution in [1.82, 2.24) is 10.2 Å². The van der Waals surface area contributed by atoms with Gasteiger partial charge in [0.2, 0.25) is 0 Å². The van der Waals surface area contributed by atoms with Crippen molar-refractivity contribution in [3.05, 3.63) is 75.3 Å². The molecular weight excluding hydrogens is 502 g/mol. The van der Waals surface area contributed by atoms with Crippen LogP contribution in [0.2, 0.25) is 0 Å². The summed E-state index contributed by atoms with van der Waals surface area (Å²) in [7, 11) is 0. The SMILES string of the molecule is C=CCN1C(=O)N/C(=C/c2cc(I)c(OCc3ccccc3F)c(OCC)c2)C1=O. The van der Waals surface area contributed by atoms with Crippen LogP contribution < -0.4 is 14.8 Å². The van der Waals surface area contributed by atoms with Gasteiger partial charge in [-0.15, -0.1) is 6.58 Å². The van der Waals surface area contributed by atoms with Gasteiger partial charge in [0, 0.05) is 12.1 Å². The van der Waals surface area contributed by atoms with Gasteiger partial charge in [-0.2, -0.15) is 0 Å². The molecule has 2 aromatic rings. The first-order valence-electron chi connectivity index (χ1n) is 9.22. The third kappa shape index (κ3) is 4.81. The van der Waals surface area contributed by atoms with Crippen molar-refractivity contribution in [2.24, 2.45) is 0 Å². The van der Waals surface area contributed by atoms with Crippen LogP contribution in [0, 0.1) is 9.39 Å². The van der Waals surface area contributed by atoms with E-state index in [2.05, 4.69) is 34.5 Å². The number of amides is 3. The van der Waals surface area contributed by atoms with E-state index in [1.165, 1.54) is 12.1 Å². The maximum atomic E-state index is 13.9. The molecule has 8 heteroatoms. The lowest BCUT2D eigenvalue weighted by Gasteiger charge is -2.15. The molecule has 3 amide bonds. The summed E-state index contributed by atoms with van der Waals surface area (Å²) in [4.78, 5) is 25.4. The Morgan fingerprint density at radius 1 is 1.23 bits per heavy atom. The highest BCUT2D eigenvalue weighted by Gasteiger charge is 2.32. The zero-order valence-corrected chi connectivity index (χ0v) is 18.4. The highest BCUT2D eigenvalue weighted by Crippen LogP contribution is 2.35. The lowest BCUT2D eigenvalue weighted by atomic mass is 10.1. The molecule has 156 valence electrons. The molecule has 0 atom stereocenters. The molecule has 0 saturated carbocycles. The van der Waals surface area contributed by atoms with E-state index in [0.29, 0.717) is 29.2 Å². The molecule has 0 radical (unpaired) electrons. The van der Waals surface area contributed by atoms with E-state index >= 15 is 0 Å². The van der Waals surface area contributed by atoms with Crippen molar-refractivity contribution in [3.8, 4) is 11.5 Å². The maximum Gasteiger partial charge on any atom is 0.329 e. The van der Waals surface area contributed by atoms with E-state index in [0.717, 1.165) is 8.47 Å². The maximum absolute atomic E-state index is 13.9. The van der Waals surface area contributed by atoms with Gasteiger partial charge in [0.1, 0.15) is 18.1 Å². The van der Waals surface area contributed by atoms with Crippen molar-refractivity contribution in [1.29, 1.82) is 0 Å². The largest absolute Gasteiger partial charge is 0.490 e. The number of benzene rings is 2. The Morgan fingerprint density at radius 3 is 2.70 bits per heavy atom. The number of ether oxygens (including phenoxy) is 2. The molecule has 1 N–H and O–H groups in total. The van der Waals surface area contributed by atoms with Gasteiger partial charge in [-0.1, -0.05) is 24.3 Å². The zero-order chi connectivity index (χ0) is 21.7. The second-order valence-corrected chi connectivity index (χ2v) is 7.50. The quantitative estimate of drug-likeness (QED) is 0.240. The van der Waals surface area contributed by atoms with Crippen LogP contribution in [0.5, 0.6) is 11.5 Å². The summed E-state index contributed by atoms with van der Waals surface area (Å²) in [5.41, 5.74) is 1.26. The van der Waals surface area contributed by atoms with Crippen LogP contribution in [0.4, 0.5) is 9.18 Å². The number of urea groups is 1. The minimum absolute atomic E-state index is 0.0498. The number of carbonyl (C=O) groups is 2. The fourth-order valence-electron chi connectivity index (χ4n) is 2.87. The number of rotatable bonds is 8. The fraction of sp³-hybridized carbons (Fsp3) is 0.182. The topological polar surface area (TPSA) is 67.9 Å². The van der Waals surface area contributed by atoms with Crippen LogP contribution >= 0.6 is 22.6 Å². The third-order valence-electron chi connectivity index (χ3n) is 4.25. The summed E-state index contributed by atoms with van der Waals surface area (Å²) in [6.07, 6.45) is 3.06. The Balaban J connectivity index is 1.88. The van der Waals surface area contributed by atoms with Crippen molar-refractivity contribution in [2.75, 3.05) is 13.2 Å².